The van der Waals surface area contributed by atoms with Gasteiger partial charge in [-0.15, -0.1) is 0 Å². The molecule has 0 bridgehead atoms. The minimum atomic E-state index is -0.738. The molecule has 0 aliphatic heterocycles. The van der Waals surface area contributed by atoms with Gasteiger partial charge in [0.25, 0.3) is 0 Å². The van der Waals surface area contributed by atoms with Crippen LogP contribution in [-0.4, -0.2) is 17.9 Å². The van der Waals surface area contributed by atoms with Crippen molar-refractivity contribution in [1.82, 2.24) is 0 Å². The lowest BCUT2D eigenvalue weighted by Crippen LogP contribution is -2.25. The molecule has 0 saturated carbocycles. The van der Waals surface area contributed by atoms with Crippen LogP contribution in [0.1, 0.15) is 34.6 Å². The molecule has 0 aliphatic rings. The van der Waals surface area contributed by atoms with Crippen molar-refractivity contribution in [3.63, 3.8) is 0 Å². The van der Waals surface area contributed by atoms with Crippen LogP contribution in [0, 0.1) is 6.07 Å². The molecule has 0 unspecified atom stereocenters. The molecule has 0 spiro atoms. The Morgan fingerprint density at radius 1 is 1.22 bits per heavy atom. The Morgan fingerprint density at radius 3 is 2.39 bits per heavy atom. The second-order valence-electron chi connectivity index (χ2n) is 5.14. The number of benzene rings is 1. The van der Waals surface area contributed by atoms with Crippen LogP contribution in [0.3, 0.4) is 0 Å². The molecular formula is C14H19O4. The van der Waals surface area contributed by atoms with Crippen LogP contribution in [0.15, 0.2) is 18.2 Å². The van der Waals surface area contributed by atoms with Crippen molar-refractivity contribution in [1.29, 1.82) is 0 Å². The quantitative estimate of drug-likeness (QED) is 0.608. The summed E-state index contributed by atoms with van der Waals surface area (Å²) in [5, 5.41) is 0. The van der Waals surface area contributed by atoms with Crippen molar-refractivity contribution in [2.45, 2.75) is 46.3 Å². The summed E-state index contributed by atoms with van der Waals surface area (Å²) in [7, 11) is 0. The fourth-order valence-corrected chi connectivity index (χ4v) is 1.20. The Morgan fingerprint density at radius 2 is 1.83 bits per heavy atom. The van der Waals surface area contributed by atoms with E-state index in [2.05, 4.69) is 6.07 Å². The van der Waals surface area contributed by atoms with Crippen LogP contribution in [0.25, 0.3) is 0 Å². The standard InChI is InChI=1S/C14H19O4/c1-10(2)16-11-7-6-8-12(9-11)17-13(15)18-14(3,4)5/h7-10H,1-5H3. The first-order valence-corrected chi connectivity index (χ1v) is 5.85. The third kappa shape index (κ3) is 5.57. The second kappa shape index (κ2) is 5.76. The van der Waals surface area contributed by atoms with Crippen LogP contribution in [0.2, 0.25) is 0 Å². The summed E-state index contributed by atoms with van der Waals surface area (Å²) in [4.78, 5) is 11.5. The van der Waals surface area contributed by atoms with Crippen LogP contribution in [0.5, 0.6) is 11.5 Å². The molecule has 0 atom stereocenters. The molecule has 0 saturated heterocycles. The maximum Gasteiger partial charge on any atom is 0.514 e. The van der Waals surface area contributed by atoms with E-state index >= 15 is 0 Å². The van der Waals surface area contributed by atoms with E-state index in [0.29, 0.717) is 11.5 Å². The van der Waals surface area contributed by atoms with Crippen molar-refractivity contribution in [2.75, 3.05) is 0 Å². The van der Waals surface area contributed by atoms with Gasteiger partial charge in [0.1, 0.15) is 17.1 Å². The fourth-order valence-electron chi connectivity index (χ4n) is 1.20. The summed E-state index contributed by atoms with van der Waals surface area (Å²) in [5.74, 6) is 0.952. The molecule has 1 aromatic carbocycles. The molecule has 0 aliphatic carbocycles. The number of carbonyl (C=O) groups is 1. The lowest BCUT2D eigenvalue weighted by molar-refractivity contribution is 0.0206. The van der Waals surface area contributed by atoms with E-state index in [4.69, 9.17) is 14.2 Å². The highest BCUT2D eigenvalue weighted by Crippen LogP contribution is 2.21. The van der Waals surface area contributed by atoms with Crippen molar-refractivity contribution in [2.24, 2.45) is 0 Å². The lowest BCUT2D eigenvalue weighted by Gasteiger charge is -2.18. The van der Waals surface area contributed by atoms with Crippen LogP contribution in [-0.2, 0) is 4.74 Å². The predicted molar refractivity (Wildman–Crippen MR) is 67.9 cm³/mol. The summed E-state index contributed by atoms with van der Waals surface area (Å²) >= 11 is 0. The Labute approximate surface area is 108 Å². The first kappa shape index (κ1) is 14.4. The van der Waals surface area contributed by atoms with Gasteiger partial charge in [0.15, 0.2) is 0 Å². The monoisotopic (exact) mass is 251 g/mol. The highest BCUT2D eigenvalue weighted by molar-refractivity contribution is 5.64. The largest absolute Gasteiger partial charge is 0.514 e. The predicted octanol–water partition coefficient (Wildman–Crippen LogP) is 3.59. The topological polar surface area (TPSA) is 44.8 Å². The fraction of sp³-hybridized carbons (Fsp3) is 0.500. The average molecular weight is 251 g/mol. The molecule has 99 valence electrons. The first-order valence-electron chi connectivity index (χ1n) is 5.85. The number of hydrogen-bond donors (Lipinski definition) is 0. The van der Waals surface area contributed by atoms with Gasteiger partial charge in [-0.1, -0.05) is 0 Å². The first-order chi connectivity index (χ1) is 8.26. The summed E-state index contributed by atoms with van der Waals surface area (Å²) in [6.45, 7) is 9.17. The molecular weight excluding hydrogens is 232 g/mol. The third-order valence-electron chi connectivity index (χ3n) is 1.70. The summed E-state index contributed by atoms with van der Waals surface area (Å²) < 4.78 is 15.6. The molecule has 4 heteroatoms. The Kier molecular flexibility index (Phi) is 4.59. The number of ether oxygens (including phenoxy) is 3. The number of carbonyl (C=O) groups excluding carboxylic acids is 1. The molecule has 0 aromatic heterocycles. The van der Waals surface area contributed by atoms with E-state index in [1.54, 1.807) is 39.0 Å². The van der Waals surface area contributed by atoms with Crippen molar-refractivity contribution < 1.29 is 19.0 Å². The molecule has 0 fully saturated rings. The van der Waals surface area contributed by atoms with Gasteiger partial charge in [0.05, 0.1) is 6.10 Å². The minimum Gasteiger partial charge on any atom is -0.491 e. The van der Waals surface area contributed by atoms with Gasteiger partial charge in [-0.05, 0) is 52.8 Å². The molecule has 0 heterocycles. The molecule has 1 aromatic rings. The maximum atomic E-state index is 11.5. The van der Waals surface area contributed by atoms with Gasteiger partial charge >= 0.3 is 6.16 Å². The smallest absolute Gasteiger partial charge is 0.491 e. The van der Waals surface area contributed by atoms with Gasteiger partial charge < -0.3 is 14.2 Å². The lowest BCUT2D eigenvalue weighted by atomic mass is 10.2. The van der Waals surface area contributed by atoms with E-state index in [0.717, 1.165) is 0 Å². The second-order valence-corrected chi connectivity index (χ2v) is 5.14. The minimum absolute atomic E-state index is 0.0511. The zero-order valence-corrected chi connectivity index (χ0v) is 11.4. The molecule has 4 nitrogen and oxygen atoms in total. The highest BCUT2D eigenvalue weighted by atomic mass is 16.7. The summed E-state index contributed by atoms with van der Waals surface area (Å²) in [6, 6.07) is 7.71. The maximum absolute atomic E-state index is 11.5. The van der Waals surface area contributed by atoms with Gasteiger partial charge in [-0.25, -0.2) is 4.79 Å². The molecule has 1 rings (SSSR count). The van der Waals surface area contributed by atoms with E-state index in [1.165, 1.54) is 0 Å². The van der Waals surface area contributed by atoms with Gasteiger partial charge in [0, 0.05) is 6.07 Å². The van der Waals surface area contributed by atoms with Gasteiger partial charge in [-0.3, -0.25) is 0 Å². The zero-order valence-electron chi connectivity index (χ0n) is 11.4. The molecule has 0 N–H and O–H groups in total. The highest BCUT2D eigenvalue weighted by Gasteiger charge is 2.18. The van der Waals surface area contributed by atoms with E-state index in [9.17, 15) is 4.79 Å². The van der Waals surface area contributed by atoms with Gasteiger partial charge in [0.2, 0.25) is 0 Å². The van der Waals surface area contributed by atoms with Crippen molar-refractivity contribution >= 4 is 6.16 Å². The average Bonchev–Trinajstić information content (AvgIpc) is 2.13. The molecule has 0 amide bonds. The number of hydrogen-bond acceptors (Lipinski definition) is 4. The van der Waals surface area contributed by atoms with E-state index in [1.807, 2.05) is 13.8 Å². The SMILES string of the molecule is CC(C)Oc1c[c]cc(OC(=O)OC(C)(C)C)c1. The van der Waals surface area contributed by atoms with Crippen molar-refractivity contribution in [3.8, 4) is 11.5 Å². The normalized spacial score (nSPS) is 11.2. The van der Waals surface area contributed by atoms with Crippen LogP contribution in [0.4, 0.5) is 4.79 Å². The summed E-state index contributed by atoms with van der Waals surface area (Å²) in [5.41, 5.74) is -0.577. The zero-order chi connectivity index (χ0) is 13.8. The van der Waals surface area contributed by atoms with Crippen molar-refractivity contribution in [3.05, 3.63) is 24.3 Å². The van der Waals surface area contributed by atoms with E-state index < -0.39 is 11.8 Å². The van der Waals surface area contributed by atoms with E-state index in [-0.39, 0.29) is 6.10 Å². The van der Waals surface area contributed by atoms with Crippen LogP contribution < -0.4 is 9.47 Å². The summed E-state index contributed by atoms with van der Waals surface area (Å²) in [6.07, 6.45) is -0.687. The van der Waals surface area contributed by atoms with Gasteiger partial charge in [-0.2, -0.15) is 0 Å². The Hall–Kier alpha value is -1.71. The Bertz CT molecular complexity index is 405. The number of rotatable bonds is 3. The Balaban J connectivity index is 2.65. The molecule has 18 heavy (non-hydrogen) atoms. The van der Waals surface area contributed by atoms with Crippen LogP contribution >= 0.6 is 0 Å². The third-order valence-corrected chi connectivity index (χ3v) is 1.70. The molecule has 1 radical (unpaired) electrons.